The highest BCUT2D eigenvalue weighted by Gasteiger charge is 2.54. The summed E-state index contributed by atoms with van der Waals surface area (Å²) in [5.74, 6) is -0.110. The molecule has 1 N–H and O–H groups in total. The largest absolute Gasteiger partial charge is 0.368 e. The summed E-state index contributed by atoms with van der Waals surface area (Å²) >= 11 is 0. The van der Waals surface area contributed by atoms with Crippen LogP contribution >= 0.6 is 0 Å². The lowest BCUT2D eigenvalue weighted by Gasteiger charge is -2.39. The van der Waals surface area contributed by atoms with Gasteiger partial charge in [0.25, 0.3) is 11.8 Å². The summed E-state index contributed by atoms with van der Waals surface area (Å²) in [4.78, 5) is 44.7. The highest BCUT2D eigenvalue weighted by molar-refractivity contribution is 6.07. The Bertz CT molecular complexity index is 862. The van der Waals surface area contributed by atoms with E-state index in [0.717, 1.165) is 45.3 Å². The van der Waals surface area contributed by atoms with Crippen LogP contribution in [0.15, 0.2) is 30.3 Å². The molecule has 0 aliphatic carbocycles. The molecule has 32 heavy (non-hydrogen) atoms. The highest BCUT2D eigenvalue weighted by Crippen LogP contribution is 2.33. The van der Waals surface area contributed by atoms with Crippen molar-refractivity contribution in [1.29, 1.82) is 0 Å². The number of urea groups is 1. The van der Waals surface area contributed by atoms with Gasteiger partial charge in [0.05, 0.1) is 6.04 Å². The van der Waals surface area contributed by atoms with Crippen molar-refractivity contribution in [2.75, 3.05) is 32.8 Å². The Kier molecular flexibility index (Phi) is 5.90. The summed E-state index contributed by atoms with van der Waals surface area (Å²) in [6, 6.07) is 9.75. The van der Waals surface area contributed by atoms with E-state index < -0.39 is 5.54 Å². The number of ether oxygens (including phenoxy) is 1. The third kappa shape index (κ3) is 4.01. The van der Waals surface area contributed by atoms with Crippen LogP contribution in [0.25, 0.3) is 0 Å². The molecule has 4 saturated heterocycles. The van der Waals surface area contributed by atoms with Gasteiger partial charge in [0.2, 0.25) is 0 Å². The van der Waals surface area contributed by atoms with Crippen LogP contribution in [0.2, 0.25) is 0 Å². The van der Waals surface area contributed by atoms with Crippen LogP contribution < -0.4 is 5.32 Å². The van der Waals surface area contributed by atoms with E-state index in [1.165, 1.54) is 10.5 Å². The maximum absolute atomic E-state index is 13.5. The van der Waals surface area contributed by atoms with Crippen LogP contribution in [-0.4, -0.2) is 83.0 Å². The molecule has 4 aliphatic heterocycles. The third-order valence-corrected chi connectivity index (χ3v) is 7.43. The van der Waals surface area contributed by atoms with Crippen molar-refractivity contribution in [3.8, 4) is 0 Å². The van der Waals surface area contributed by atoms with Gasteiger partial charge in [-0.3, -0.25) is 19.4 Å². The smallest absolute Gasteiger partial charge is 0.325 e. The Balaban J connectivity index is 1.21. The molecule has 0 radical (unpaired) electrons. The lowest BCUT2D eigenvalue weighted by Crippen LogP contribution is -2.56. The zero-order chi connectivity index (χ0) is 22.1. The summed E-state index contributed by atoms with van der Waals surface area (Å²) < 4.78 is 5.56. The van der Waals surface area contributed by atoms with Gasteiger partial charge in [-0.25, -0.2) is 4.79 Å². The molecule has 5 rings (SSSR count). The molecule has 0 aromatic heterocycles. The fourth-order valence-electron chi connectivity index (χ4n) is 5.59. The van der Waals surface area contributed by atoms with Crippen molar-refractivity contribution in [2.45, 2.75) is 62.8 Å². The maximum Gasteiger partial charge on any atom is 0.325 e. The molecule has 4 heterocycles. The van der Waals surface area contributed by atoms with E-state index in [9.17, 15) is 14.4 Å². The van der Waals surface area contributed by atoms with Crippen LogP contribution in [-0.2, 0) is 20.9 Å². The summed E-state index contributed by atoms with van der Waals surface area (Å²) in [5, 5.41) is 3.03. The molecule has 172 valence electrons. The van der Waals surface area contributed by atoms with Gasteiger partial charge in [0.1, 0.15) is 11.6 Å². The Hall–Kier alpha value is -2.45. The van der Waals surface area contributed by atoms with E-state index in [2.05, 4.69) is 22.3 Å². The molecule has 2 atom stereocenters. The zero-order valence-corrected chi connectivity index (χ0v) is 18.5. The second kappa shape index (κ2) is 8.83. The second-order valence-electron chi connectivity index (χ2n) is 9.53. The van der Waals surface area contributed by atoms with Crippen LogP contribution in [0.5, 0.6) is 0 Å². The van der Waals surface area contributed by atoms with Crippen LogP contribution in [0.3, 0.4) is 0 Å². The number of hydrogen-bond donors (Lipinski definition) is 1. The maximum atomic E-state index is 13.5. The van der Waals surface area contributed by atoms with E-state index in [-0.39, 0.29) is 30.0 Å². The molecule has 4 amide bonds. The molecule has 0 unspecified atom stereocenters. The number of likely N-dealkylation sites (tertiary alicyclic amines) is 2. The molecule has 0 saturated carbocycles. The number of nitrogens with one attached hydrogen (secondary N) is 1. The molecule has 4 fully saturated rings. The van der Waals surface area contributed by atoms with Crippen molar-refractivity contribution in [3.63, 3.8) is 0 Å². The summed E-state index contributed by atoms with van der Waals surface area (Å²) in [6.07, 6.45) is 4.06. The summed E-state index contributed by atoms with van der Waals surface area (Å²) in [6.45, 7) is 4.09. The van der Waals surface area contributed by atoms with Gasteiger partial charge < -0.3 is 15.0 Å². The van der Waals surface area contributed by atoms with Crippen molar-refractivity contribution in [2.24, 2.45) is 0 Å². The van der Waals surface area contributed by atoms with Crippen LogP contribution in [0.4, 0.5) is 4.79 Å². The van der Waals surface area contributed by atoms with Gasteiger partial charge in [-0.05, 0) is 44.1 Å². The SMILES string of the molecule is O=C([C@H]1CCCO1)N1CCC[C@@H](N2C(=O)NC3(CCN(Cc4ccccc4)CC3)C2=O)C1. The average Bonchev–Trinajstić information content (AvgIpc) is 3.43. The van der Waals surface area contributed by atoms with Gasteiger partial charge in [0.15, 0.2) is 0 Å². The molecule has 1 aromatic rings. The zero-order valence-electron chi connectivity index (χ0n) is 18.5. The molecule has 4 aliphatic rings. The molecule has 1 spiro atoms. The minimum Gasteiger partial charge on any atom is -0.368 e. The Labute approximate surface area is 188 Å². The topological polar surface area (TPSA) is 82.2 Å². The number of rotatable bonds is 4. The number of carbonyl (C=O) groups is 3. The van der Waals surface area contributed by atoms with Crippen LogP contribution in [0.1, 0.15) is 44.1 Å². The van der Waals surface area contributed by atoms with E-state index in [1.54, 1.807) is 4.90 Å². The fraction of sp³-hybridized carbons (Fsp3) is 0.625. The summed E-state index contributed by atoms with van der Waals surface area (Å²) in [7, 11) is 0. The molecular formula is C24H32N4O4. The molecule has 8 heteroatoms. The highest BCUT2D eigenvalue weighted by atomic mass is 16.5. The van der Waals surface area contributed by atoms with Crippen molar-refractivity contribution < 1.29 is 19.1 Å². The number of nitrogens with zero attached hydrogens (tertiary/aromatic N) is 3. The Morgan fingerprint density at radius 3 is 2.56 bits per heavy atom. The third-order valence-electron chi connectivity index (χ3n) is 7.43. The van der Waals surface area contributed by atoms with Crippen LogP contribution in [0, 0.1) is 0 Å². The fourth-order valence-corrected chi connectivity index (χ4v) is 5.59. The van der Waals surface area contributed by atoms with E-state index in [1.807, 2.05) is 18.2 Å². The number of amides is 4. The van der Waals surface area contributed by atoms with E-state index in [4.69, 9.17) is 4.74 Å². The quantitative estimate of drug-likeness (QED) is 0.722. The van der Waals surface area contributed by atoms with E-state index >= 15 is 0 Å². The van der Waals surface area contributed by atoms with Gasteiger partial charge in [-0.2, -0.15) is 0 Å². The first-order valence-corrected chi connectivity index (χ1v) is 11.9. The van der Waals surface area contributed by atoms with Gasteiger partial charge in [0, 0.05) is 39.3 Å². The lowest BCUT2D eigenvalue weighted by molar-refractivity contribution is -0.145. The standard InChI is InChI=1S/C24H32N4O4/c29-21(20-9-5-15-32-20)27-12-4-8-19(17-27)28-22(30)24(25-23(28)31)10-13-26(14-11-24)16-18-6-2-1-3-7-18/h1-3,6-7,19-20H,4-5,8-17H2,(H,25,31)/t19-,20-/m1/s1. The van der Waals surface area contributed by atoms with Crippen molar-refractivity contribution in [3.05, 3.63) is 35.9 Å². The number of piperidine rings is 2. The number of benzene rings is 1. The predicted octanol–water partition coefficient (Wildman–Crippen LogP) is 1.74. The number of hydrogen-bond acceptors (Lipinski definition) is 5. The molecule has 1 aromatic carbocycles. The molecule has 0 bridgehead atoms. The first kappa shape index (κ1) is 21.4. The van der Waals surface area contributed by atoms with Gasteiger partial charge in [-0.15, -0.1) is 0 Å². The van der Waals surface area contributed by atoms with E-state index in [0.29, 0.717) is 32.5 Å². The Morgan fingerprint density at radius 1 is 1.06 bits per heavy atom. The minimum atomic E-state index is -0.800. The predicted molar refractivity (Wildman–Crippen MR) is 118 cm³/mol. The average molecular weight is 441 g/mol. The first-order chi connectivity index (χ1) is 15.6. The monoisotopic (exact) mass is 440 g/mol. The Morgan fingerprint density at radius 2 is 1.84 bits per heavy atom. The number of carbonyl (C=O) groups excluding carboxylic acids is 3. The summed E-state index contributed by atoms with van der Waals surface area (Å²) in [5.41, 5.74) is 0.454. The first-order valence-electron chi connectivity index (χ1n) is 11.9. The minimum absolute atomic E-state index is 0.00295. The molecule has 8 nitrogen and oxygen atoms in total. The van der Waals surface area contributed by atoms with Gasteiger partial charge >= 0.3 is 6.03 Å². The lowest BCUT2D eigenvalue weighted by atomic mass is 9.87. The van der Waals surface area contributed by atoms with Gasteiger partial charge in [-0.1, -0.05) is 30.3 Å². The second-order valence-corrected chi connectivity index (χ2v) is 9.53. The molecular weight excluding hydrogens is 408 g/mol. The van der Waals surface area contributed by atoms with Crippen molar-refractivity contribution >= 4 is 17.8 Å². The van der Waals surface area contributed by atoms with Crippen molar-refractivity contribution in [1.82, 2.24) is 20.0 Å². The number of imide groups is 1. The normalized spacial score (nSPS) is 28.4.